The summed E-state index contributed by atoms with van der Waals surface area (Å²) < 4.78 is 38.1. The predicted octanol–water partition coefficient (Wildman–Crippen LogP) is 4.49. The molecule has 23 heavy (non-hydrogen) atoms. The zero-order valence-corrected chi connectivity index (χ0v) is 13.3. The molecule has 2 nitrogen and oxygen atoms in total. The van der Waals surface area contributed by atoms with Crippen molar-refractivity contribution in [3.8, 4) is 0 Å². The van der Waals surface area contributed by atoms with Crippen LogP contribution in [0.1, 0.15) is 23.6 Å². The minimum absolute atomic E-state index is 0.0976. The molecule has 5 heteroatoms. The number of hydrogen-bond donors (Lipinski definition) is 1. The van der Waals surface area contributed by atoms with E-state index in [0.29, 0.717) is 0 Å². The van der Waals surface area contributed by atoms with Crippen LogP contribution in [0.15, 0.2) is 54.6 Å². The molecule has 0 aliphatic heterocycles. The Morgan fingerprint density at radius 3 is 2.13 bits per heavy atom. The van der Waals surface area contributed by atoms with E-state index in [2.05, 4.69) is 5.32 Å². The molecular formula is C18H21F3N2. The van der Waals surface area contributed by atoms with Gasteiger partial charge < -0.3 is 10.2 Å². The van der Waals surface area contributed by atoms with Crippen molar-refractivity contribution in [1.29, 1.82) is 0 Å². The van der Waals surface area contributed by atoms with Crippen molar-refractivity contribution in [2.45, 2.75) is 18.6 Å². The van der Waals surface area contributed by atoms with E-state index in [1.807, 2.05) is 49.3 Å². The summed E-state index contributed by atoms with van der Waals surface area (Å²) in [6.07, 6.45) is -3.44. The van der Waals surface area contributed by atoms with Gasteiger partial charge in [0.15, 0.2) is 0 Å². The van der Waals surface area contributed by atoms with E-state index in [9.17, 15) is 13.2 Å². The summed E-state index contributed by atoms with van der Waals surface area (Å²) in [6, 6.07) is 15.4. The quantitative estimate of drug-likeness (QED) is 0.843. The number of halogens is 3. The third kappa shape index (κ3) is 4.48. The van der Waals surface area contributed by atoms with Gasteiger partial charge in [0.05, 0.1) is 11.6 Å². The lowest BCUT2D eigenvalue weighted by Gasteiger charge is -2.31. The molecule has 0 saturated carbocycles. The van der Waals surface area contributed by atoms with Crippen molar-refractivity contribution in [2.24, 2.45) is 0 Å². The minimum atomic E-state index is -4.30. The summed E-state index contributed by atoms with van der Waals surface area (Å²) in [5.74, 6) is 0. The Bertz CT molecular complexity index is 594. The van der Waals surface area contributed by atoms with Crippen molar-refractivity contribution in [1.82, 2.24) is 5.32 Å². The average molecular weight is 322 g/mol. The number of nitrogens with one attached hydrogen (secondary N) is 1. The van der Waals surface area contributed by atoms with Crippen molar-refractivity contribution < 1.29 is 13.2 Å². The third-order valence-corrected chi connectivity index (χ3v) is 3.92. The molecule has 1 unspecified atom stereocenters. The highest BCUT2D eigenvalue weighted by molar-refractivity contribution is 5.49. The van der Waals surface area contributed by atoms with Crippen LogP contribution in [-0.4, -0.2) is 20.6 Å². The van der Waals surface area contributed by atoms with E-state index in [0.717, 1.165) is 36.3 Å². The molecule has 0 spiro atoms. The average Bonchev–Trinajstić information content (AvgIpc) is 2.55. The van der Waals surface area contributed by atoms with E-state index < -0.39 is 11.7 Å². The predicted molar refractivity (Wildman–Crippen MR) is 87.6 cm³/mol. The van der Waals surface area contributed by atoms with Crippen LogP contribution in [0.3, 0.4) is 0 Å². The SMILES string of the molecule is CNCCC(c1ccccc1)N(C)c1ccc(C(F)(F)F)cc1. The van der Waals surface area contributed by atoms with Crippen LogP contribution in [0, 0.1) is 0 Å². The number of hydrogen-bond acceptors (Lipinski definition) is 2. The molecular weight excluding hydrogens is 301 g/mol. The molecule has 0 saturated heterocycles. The van der Waals surface area contributed by atoms with Gasteiger partial charge in [-0.25, -0.2) is 0 Å². The Morgan fingerprint density at radius 2 is 1.61 bits per heavy atom. The molecule has 1 N–H and O–H groups in total. The molecule has 0 aromatic heterocycles. The number of anilines is 1. The van der Waals surface area contributed by atoms with Gasteiger partial charge in [-0.2, -0.15) is 13.2 Å². The van der Waals surface area contributed by atoms with E-state index in [1.165, 1.54) is 12.1 Å². The first-order chi connectivity index (χ1) is 10.9. The van der Waals surface area contributed by atoms with Gasteiger partial charge in [-0.15, -0.1) is 0 Å². The van der Waals surface area contributed by atoms with Gasteiger partial charge in [0, 0.05) is 12.7 Å². The van der Waals surface area contributed by atoms with Gasteiger partial charge in [0.2, 0.25) is 0 Å². The second kappa shape index (κ2) is 7.51. The molecule has 1 atom stereocenters. The van der Waals surface area contributed by atoms with Gasteiger partial charge in [0.1, 0.15) is 0 Å². The Hall–Kier alpha value is -2.01. The zero-order chi connectivity index (χ0) is 16.9. The number of benzene rings is 2. The summed E-state index contributed by atoms with van der Waals surface area (Å²) in [5, 5.41) is 3.13. The summed E-state index contributed by atoms with van der Waals surface area (Å²) in [7, 11) is 3.80. The fraction of sp³-hybridized carbons (Fsp3) is 0.333. The Balaban J connectivity index is 2.24. The molecule has 0 aliphatic rings. The Kier molecular flexibility index (Phi) is 5.66. The first-order valence-electron chi connectivity index (χ1n) is 7.53. The maximum Gasteiger partial charge on any atom is 0.416 e. The lowest BCUT2D eigenvalue weighted by molar-refractivity contribution is -0.137. The second-order valence-corrected chi connectivity index (χ2v) is 5.47. The largest absolute Gasteiger partial charge is 0.416 e. The van der Waals surface area contributed by atoms with E-state index in [-0.39, 0.29) is 6.04 Å². The molecule has 2 aromatic rings. The first-order valence-corrected chi connectivity index (χ1v) is 7.53. The first kappa shape index (κ1) is 17.3. The molecule has 2 rings (SSSR count). The molecule has 0 fully saturated rings. The molecule has 0 amide bonds. The van der Waals surface area contributed by atoms with Gasteiger partial charge >= 0.3 is 6.18 Å². The van der Waals surface area contributed by atoms with Crippen LogP contribution in [0.4, 0.5) is 18.9 Å². The topological polar surface area (TPSA) is 15.3 Å². The molecule has 0 heterocycles. The van der Waals surface area contributed by atoms with E-state index in [4.69, 9.17) is 0 Å². The van der Waals surface area contributed by atoms with Crippen molar-refractivity contribution in [2.75, 3.05) is 25.5 Å². The zero-order valence-electron chi connectivity index (χ0n) is 13.3. The lowest BCUT2D eigenvalue weighted by Crippen LogP contribution is -2.27. The van der Waals surface area contributed by atoms with Gasteiger partial charge in [-0.3, -0.25) is 0 Å². The van der Waals surface area contributed by atoms with E-state index >= 15 is 0 Å². The number of alkyl halides is 3. The highest BCUT2D eigenvalue weighted by Gasteiger charge is 2.30. The normalized spacial score (nSPS) is 12.9. The molecule has 0 bridgehead atoms. The van der Waals surface area contributed by atoms with Gasteiger partial charge in [-0.05, 0) is 49.8 Å². The Morgan fingerprint density at radius 1 is 1.00 bits per heavy atom. The van der Waals surface area contributed by atoms with Crippen LogP contribution in [0.2, 0.25) is 0 Å². The van der Waals surface area contributed by atoms with Crippen molar-refractivity contribution >= 4 is 5.69 Å². The monoisotopic (exact) mass is 322 g/mol. The van der Waals surface area contributed by atoms with Crippen LogP contribution < -0.4 is 10.2 Å². The molecule has 0 radical (unpaired) electrons. The molecule has 124 valence electrons. The van der Waals surface area contributed by atoms with Gasteiger partial charge in [0.25, 0.3) is 0 Å². The highest BCUT2D eigenvalue weighted by atomic mass is 19.4. The lowest BCUT2D eigenvalue weighted by atomic mass is 10.0. The summed E-state index contributed by atoms with van der Waals surface area (Å²) in [4.78, 5) is 2.02. The van der Waals surface area contributed by atoms with Crippen LogP contribution in [0.5, 0.6) is 0 Å². The maximum atomic E-state index is 12.7. The second-order valence-electron chi connectivity index (χ2n) is 5.47. The fourth-order valence-corrected chi connectivity index (χ4v) is 2.61. The van der Waals surface area contributed by atoms with Crippen LogP contribution in [0.25, 0.3) is 0 Å². The highest BCUT2D eigenvalue weighted by Crippen LogP contribution is 2.33. The fourth-order valence-electron chi connectivity index (χ4n) is 2.61. The van der Waals surface area contributed by atoms with Crippen LogP contribution in [-0.2, 0) is 6.18 Å². The standard InChI is InChI=1S/C18H21F3N2/c1-22-13-12-17(14-6-4-3-5-7-14)23(2)16-10-8-15(9-11-16)18(19,20)21/h3-11,17,22H,12-13H2,1-2H3. The number of rotatable bonds is 6. The van der Waals surface area contributed by atoms with Gasteiger partial charge in [-0.1, -0.05) is 30.3 Å². The summed E-state index contributed by atoms with van der Waals surface area (Å²) in [6.45, 7) is 0.824. The van der Waals surface area contributed by atoms with Crippen molar-refractivity contribution in [3.63, 3.8) is 0 Å². The number of nitrogens with zero attached hydrogens (tertiary/aromatic N) is 1. The Labute approximate surface area is 134 Å². The summed E-state index contributed by atoms with van der Waals surface area (Å²) >= 11 is 0. The third-order valence-electron chi connectivity index (χ3n) is 3.92. The maximum absolute atomic E-state index is 12.7. The summed E-state index contributed by atoms with van der Waals surface area (Å²) in [5.41, 5.74) is 1.29. The van der Waals surface area contributed by atoms with Crippen molar-refractivity contribution in [3.05, 3.63) is 65.7 Å². The van der Waals surface area contributed by atoms with Crippen LogP contribution >= 0.6 is 0 Å². The smallest absolute Gasteiger partial charge is 0.368 e. The minimum Gasteiger partial charge on any atom is -0.368 e. The molecule has 2 aromatic carbocycles. The van der Waals surface area contributed by atoms with E-state index in [1.54, 1.807) is 0 Å². The molecule has 0 aliphatic carbocycles.